The van der Waals surface area contributed by atoms with E-state index in [1.54, 1.807) is 17.6 Å². The van der Waals surface area contributed by atoms with Gasteiger partial charge in [-0.05, 0) is 44.2 Å². The number of nitrogen functional groups attached to an aromatic ring is 2. The predicted octanol–water partition coefficient (Wildman–Crippen LogP) is 3.56. The van der Waals surface area contributed by atoms with Gasteiger partial charge in [0.05, 0.1) is 38.4 Å². The Morgan fingerprint density at radius 1 is 1.16 bits per heavy atom. The lowest BCUT2D eigenvalue weighted by atomic mass is 10.1. The van der Waals surface area contributed by atoms with E-state index in [4.69, 9.17) is 11.5 Å². The highest BCUT2D eigenvalue weighted by molar-refractivity contribution is 7.16. The Morgan fingerprint density at radius 2 is 1.88 bits per heavy atom. The molecule has 1 heterocycles. The van der Waals surface area contributed by atoms with E-state index in [2.05, 4.69) is 15.2 Å². The summed E-state index contributed by atoms with van der Waals surface area (Å²) < 4.78 is 1.03. The molecule has 1 amide bonds. The van der Waals surface area contributed by atoms with Gasteiger partial charge < -0.3 is 21.7 Å². The molecule has 0 radical (unpaired) electrons. The lowest BCUT2D eigenvalue weighted by molar-refractivity contribution is 0.102. The molecule has 0 aliphatic carbocycles. The van der Waals surface area contributed by atoms with Crippen LogP contribution in [0, 0.1) is 0 Å². The molecule has 0 saturated heterocycles. The number of carbonyl (C=O) groups excluding carboxylic acids is 1. The predicted molar refractivity (Wildman–Crippen MR) is 106 cm³/mol. The van der Waals surface area contributed by atoms with E-state index in [-0.39, 0.29) is 5.91 Å². The number of nitrogens with one attached hydrogen (secondary N) is 1. The Hall–Kier alpha value is -2.80. The van der Waals surface area contributed by atoms with Crippen LogP contribution in [0.3, 0.4) is 0 Å². The molecule has 6 nitrogen and oxygen atoms in total. The van der Waals surface area contributed by atoms with Crippen molar-refractivity contribution in [2.75, 3.05) is 34.8 Å². The van der Waals surface area contributed by atoms with Gasteiger partial charge in [0.25, 0.3) is 5.91 Å². The zero-order valence-corrected chi connectivity index (χ0v) is 15.1. The second-order valence-electron chi connectivity index (χ2n) is 5.66. The summed E-state index contributed by atoms with van der Waals surface area (Å²) in [6.07, 6.45) is 0. The number of aromatic nitrogens is 1. The van der Waals surface area contributed by atoms with Crippen molar-refractivity contribution >= 4 is 50.2 Å². The van der Waals surface area contributed by atoms with Crippen molar-refractivity contribution in [2.45, 2.75) is 13.8 Å². The minimum atomic E-state index is -0.211. The maximum Gasteiger partial charge on any atom is 0.257 e. The molecule has 130 valence electrons. The van der Waals surface area contributed by atoms with Gasteiger partial charge in [-0.2, -0.15) is 0 Å². The second-order valence-corrected chi connectivity index (χ2v) is 6.55. The Bertz CT molecular complexity index is 917. The highest BCUT2D eigenvalue weighted by atomic mass is 32.1. The summed E-state index contributed by atoms with van der Waals surface area (Å²) >= 11 is 1.54. The molecule has 1 aromatic heterocycles. The van der Waals surface area contributed by atoms with E-state index < -0.39 is 0 Å². The van der Waals surface area contributed by atoms with Crippen molar-refractivity contribution in [3.63, 3.8) is 0 Å². The smallest absolute Gasteiger partial charge is 0.257 e. The molecule has 25 heavy (non-hydrogen) atoms. The first-order valence-corrected chi connectivity index (χ1v) is 9.00. The Morgan fingerprint density at radius 3 is 2.60 bits per heavy atom. The van der Waals surface area contributed by atoms with Gasteiger partial charge in [0, 0.05) is 18.8 Å². The molecule has 0 aliphatic heterocycles. The fourth-order valence-electron chi connectivity index (χ4n) is 2.76. The third-order valence-corrected chi connectivity index (χ3v) is 4.93. The van der Waals surface area contributed by atoms with Gasteiger partial charge in [0.15, 0.2) is 0 Å². The minimum absolute atomic E-state index is 0.211. The number of amides is 1. The van der Waals surface area contributed by atoms with E-state index in [1.165, 1.54) is 11.3 Å². The molecule has 0 unspecified atom stereocenters. The van der Waals surface area contributed by atoms with Crippen LogP contribution in [0.2, 0.25) is 0 Å². The second kappa shape index (κ2) is 6.98. The largest absolute Gasteiger partial charge is 0.397 e. The topological polar surface area (TPSA) is 97.3 Å². The first-order valence-electron chi connectivity index (χ1n) is 8.12. The van der Waals surface area contributed by atoms with Gasteiger partial charge in [-0.1, -0.05) is 0 Å². The third-order valence-electron chi connectivity index (χ3n) is 4.14. The van der Waals surface area contributed by atoms with Crippen molar-refractivity contribution in [1.82, 2.24) is 4.98 Å². The molecule has 3 aromatic rings. The molecule has 0 saturated carbocycles. The number of rotatable bonds is 5. The first kappa shape index (κ1) is 17.0. The van der Waals surface area contributed by atoms with Crippen LogP contribution >= 0.6 is 11.3 Å². The highest BCUT2D eigenvalue weighted by Crippen LogP contribution is 2.30. The summed E-state index contributed by atoms with van der Waals surface area (Å²) in [5.41, 5.74) is 17.5. The molecular formula is C18H21N5OS. The molecule has 0 fully saturated rings. The Labute approximate surface area is 150 Å². The minimum Gasteiger partial charge on any atom is -0.397 e. The first-order chi connectivity index (χ1) is 12.0. The summed E-state index contributed by atoms with van der Waals surface area (Å²) in [5.74, 6) is -0.211. The average molecular weight is 355 g/mol. The van der Waals surface area contributed by atoms with E-state index in [0.717, 1.165) is 34.7 Å². The lowest BCUT2D eigenvalue weighted by Gasteiger charge is -2.24. The number of nitrogens with two attached hydrogens (primary N) is 2. The molecular weight excluding hydrogens is 334 g/mol. The zero-order valence-electron chi connectivity index (χ0n) is 14.2. The molecule has 0 atom stereocenters. The highest BCUT2D eigenvalue weighted by Gasteiger charge is 2.18. The number of hydrogen-bond acceptors (Lipinski definition) is 6. The Kier molecular flexibility index (Phi) is 4.76. The number of carbonyl (C=O) groups is 1. The maximum atomic E-state index is 12.9. The van der Waals surface area contributed by atoms with Crippen LogP contribution in [-0.2, 0) is 0 Å². The van der Waals surface area contributed by atoms with Crippen LogP contribution in [0.15, 0.2) is 35.8 Å². The fourth-order valence-corrected chi connectivity index (χ4v) is 3.48. The number of anilines is 4. The van der Waals surface area contributed by atoms with Gasteiger partial charge in [-0.15, -0.1) is 11.3 Å². The maximum absolute atomic E-state index is 12.9. The van der Waals surface area contributed by atoms with Crippen LogP contribution in [0.1, 0.15) is 24.2 Å². The number of thiazole rings is 1. The number of hydrogen-bond donors (Lipinski definition) is 3. The lowest BCUT2D eigenvalue weighted by Crippen LogP contribution is -2.26. The van der Waals surface area contributed by atoms with Gasteiger partial charge in [-0.25, -0.2) is 4.98 Å². The van der Waals surface area contributed by atoms with E-state index in [1.807, 2.05) is 32.0 Å². The monoisotopic (exact) mass is 355 g/mol. The van der Waals surface area contributed by atoms with Gasteiger partial charge in [0.2, 0.25) is 0 Å². The standard InChI is InChI=1S/C18H21N5OS/c1-3-23(4-2)16-9-14(20)13(19)8-12(16)18(24)22-11-5-6-15-17(7-11)25-10-21-15/h5-10H,3-4,19-20H2,1-2H3,(H,22,24). The van der Waals surface area contributed by atoms with Crippen molar-refractivity contribution in [1.29, 1.82) is 0 Å². The molecule has 0 aliphatic rings. The fraction of sp³-hybridized carbons (Fsp3) is 0.222. The number of nitrogens with zero attached hydrogens (tertiary/aromatic N) is 2. The molecule has 7 heteroatoms. The summed E-state index contributed by atoms with van der Waals surface area (Å²) in [6, 6.07) is 9.07. The average Bonchev–Trinajstić information content (AvgIpc) is 3.06. The number of benzene rings is 2. The summed E-state index contributed by atoms with van der Waals surface area (Å²) in [6.45, 7) is 5.62. The van der Waals surface area contributed by atoms with Crippen molar-refractivity contribution in [3.05, 3.63) is 41.4 Å². The molecule has 0 bridgehead atoms. The molecule has 0 spiro atoms. The third kappa shape index (κ3) is 3.36. The zero-order chi connectivity index (χ0) is 18.0. The van der Waals surface area contributed by atoms with Gasteiger partial charge in [0.1, 0.15) is 0 Å². The molecule has 3 rings (SSSR count). The SMILES string of the molecule is CCN(CC)c1cc(N)c(N)cc1C(=O)Nc1ccc2ncsc2c1. The number of fused-ring (bicyclic) bond motifs is 1. The van der Waals surface area contributed by atoms with E-state index in [9.17, 15) is 4.79 Å². The van der Waals surface area contributed by atoms with Crippen LogP contribution < -0.4 is 21.7 Å². The summed E-state index contributed by atoms with van der Waals surface area (Å²) in [5, 5.41) is 2.95. The quantitative estimate of drug-likeness (QED) is 0.608. The normalized spacial score (nSPS) is 10.8. The molecule has 5 N–H and O–H groups in total. The van der Waals surface area contributed by atoms with Gasteiger partial charge in [-0.3, -0.25) is 4.79 Å². The van der Waals surface area contributed by atoms with Crippen LogP contribution in [-0.4, -0.2) is 24.0 Å². The van der Waals surface area contributed by atoms with Crippen LogP contribution in [0.4, 0.5) is 22.7 Å². The van der Waals surface area contributed by atoms with Crippen LogP contribution in [0.5, 0.6) is 0 Å². The van der Waals surface area contributed by atoms with E-state index in [0.29, 0.717) is 16.9 Å². The van der Waals surface area contributed by atoms with E-state index >= 15 is 0 Å². The van der Waals surface area contributed by atoms with Gasteiger partial charge >= 0.3 is 0 Å². The Balaban J connectivity index is 1.96. The van der Waals surface area contributed by atoms with Crippen LogP contribution in [0.25, 0.3) is 10.2 Å². The van der Waals surface area contributed by atoms with Crippen molar-refractivity contribution in [3.8, 4) is 0 Å². The van der Waals surface area contributed by atoms with Crippen molar-refractivity contribution < 1.29 is 4.79 Å². The van der Waals surface area contributed by atoms with Crippen molar-refractivity contribution in [2.24, 2.45) is 0 Å². The molecule has 2 aromatic carbocycles. The summed E-state index contributed by atoms with van der Waals surface area (Å²) in [7, 11) is 0. The summed E-state index contributed by atoms with van der Waals surface area (Å²) in [4.78, 5) is 19.2.